The van der Waals surface area contributed by atoms with E-state index in [-0.39, 0.29) is 12.3 Å². The number of hydrogen-bond donors (Lipinski definition) is 0. The van der Waals surface area contributed by atoms with Crippen LogP contribution in [-0.4, -0.2) is 43.4 Å². The second kappa shape index (κ2) is 9.75. The van der Waals surface area contributed by atoms with Gasteiger partial charge >= 0.3 is 0 Å². The SMILES string of the molecule is CC(C)N1CC(COc2ccc(CCOCC3CC3)cc2)OC1c1ccccc1. The Balaban J connectivity index is 1.25. The number of nitrogens with zero attached hydrogens (tertiary/aromatic N) is 1. The molecule has 4 rings (SSSR count). The van der Waals surface area contributed by atoms with E-state index in [0.29, 0.717) is 12.6 Å². The molecule has 2 fully saturated rings. The van der Waals surface area contributed by atoms with E-state index in [1.54, 1.807) is 0 Å². The predicted molar refractivity (Wildman–Crippen MR) is 115 cm³/mol. The summed E-state index contributed by atoms with van der Waals surface area (Å²) >= 11 is 0. The Kier molecular flexibility index (Phi) is 6.86. The molecule has 1 aliphatic carbocycles. The summed E-state index contributed by atoms with van der Waals surface area (Å²) in [6.07, 6.45) is 3.72. The lowest BCUT2D eigenvalue weighted by molar-refractivity contribution is -0.0234. The van der Waals surface area contributed by atoms with E-state index < -0.39 is 0 Å². The first-order valence-corrected chi connectivity index (χ1v) is 10.9. The maximum absolute atomic E-state index is 6.34. The molecule has 4 heteroatoms. The van der Waals surface area contributed by atoms with Gasteiger partial charge in [0.2, 0.25) is 0 Å². The smallest absolute Gasteiger partial charge is 0.137 e. The van der Waals surface area contributed by atoms with Crippen LogP contribution >= 0.6 is 0 Å². The fourth-order valence-corrected chi connectivity index (χ4v) is 3.76. The van der Waals surface area contributed by atoms with Gasteiger partial charge in [-0.15, -0.1) is 0 Å². The topological polar surface area (TPSA) is 30.9 Å². The summed E-state index contributed by atoms with van der Waals surface area (Å²) in [5.74, 6) is 1.73. The van der Waals surface area contributed by atoms with Gasteiger partial charge < -0.3 is 14.2 Å². The van der Waals surface area contributed by atoms with Gasteiger partial charge in [-0.05, 0) is 62.3 Å². The lowest BCUT2D eigenvalue weighted by atomic mass is 10.1. The van der Waals surface area contributed by atoms with Gasteiger partial charge in [0.25, 0.3) is 0 Å². The van der Waals surface area contributed by atoms with Crippen LogP contribution in [-0.2, 0) is 15.9 Å². The zero-order valence-electron chi connectivity index (χ0n) is 17.6. The number of benzene rings is 2. The molecular weight excluding hydrogens is 362 g/mol. The van der Waals surface area contributed by atoms with Crippen molar-refractivity contribution in [1.82, 2.24) is 4.90 Å². The fourth-order valence-electron chi connectivity index (χ4n) is 3.76. The first kappa shape index (κ1) is 20.4. The summed E-state index contributed by atoms with van der Waals surface area (Å²) in [7, 11) is 0. The van der Waals surface area contributed by atoms with E-state index in [9.17, 15) is 0 Å². The largest absolute Gasteiger partial charge is 0.491 e. The molecule has 0 N–H and O–H groups in total. The molecule has 1 saturated heterocycles. The van der Waals surface area contributed by atoms with E-state index in [1.807, 2.05) is 6.07 Å². The van der Waals surface area contributed by atoms with E-state index in [2.05, 4.69) is 67.3 Å². The maximum Gasteiger partial charge on any atom is 0.137 e. The van der Waals surface area contributed by atoms with Crippen molar-refractivity contribution in [1.29, 1.82) is 0 Å². The van der Waals surface area contributed by atoms with E-state index in [0.717, 1.165) is 37.8 Å². The lowest BCUT2D eigenvalue weighted by Crippen LogP contribution is -2.32. The zero-order valence-corrected chi connectivity index (χ0v) is 17.6. The number of ether oxygens (including phenoxy) is 3. The van der Waals surface area contributed by atoms with Crippen molar-refractivity contribution in [3.63, 3.8) is 0 Å². The van der Waals surface area contributed by atoms with Crippen LogP contribution in [0, 0.1) is 5.92 Å². The molecule has 2 unspecified atom stereocenters. The molecule has 0 spiro atoms. The summed E-state index contributed by atoms with van der Waals surface area (Å²) in [6, 6.07) is 19.3. The highest BCUT2D eigenvalue weighted by Gasteiger charge is 2.35. The molecule has 0 amide bonds. The molecule has 0 bridgehead atoms. The van der Waals surface area contributed by atoms with Gasteiger partial charge in [-0.2, -0.15) is 0 Å². The molecule has 2 aliphatic rings. The van der Waals surface area contributed by atoms with Gasteiger partial charge in [0.05, 0.1) is 6.61 Å². The van der Waals surface area contributed by atoms with E-state index in [4.69, 9.17) is 14.2 Å². The standard InChI is InChI=1S/C25H33NO3/c1-19(2)26-16-24(29-25(26)22-6-4-3-5-7-22)18-28-23-12-10-20(11-13-23)14-15-27-17-21-8-9-21/h3-7,10-13,19,21,24-25H,8-9,14-18H2,1-2H3. The summed E-state index contributed by atoms with van der Waals surface area (Å²) in [6.45, 7) is 7.62. The lowest BCUT2D eigenvalue weighted by Gasteiger charge is -2.26. The van der Waals surface area contributed by atoms with Gasteiger partial charge in [0.1, 0.15) is 24.7 Å². The molecule has 2 aromatic rings. The van der Waals surface area contributed by atoms with Crippen LogP contribution in [0.4, 0.5) is 0 Å². The van der Waals surface area contributed by atoms with Gasteiger partial charge in [0, 0.05) is 19.2 Å². The molecule has 2 aromatic carbocycles. The van der Waals surface area contributed by atoms with Crippen molar-refractivity contribution < 1.29 is 14.2 Å². The first-order valence-electron chi connectivity index (χ1n) is 10.9. The molecule has 29 heavy (non-hydrogen) atoms. The molecular formula is C25H33NO3. The molecule has 1 aliphatic heterocycles. The Hall–Kier alpha value is -1.88. The average Bonchev–Trinajstić information content (AvgIpc) is 3.47. The molecule has 4 nitrogen and oxygen atoms in total. The Labute approximate surface area is 174 Å². The van der Waals surface area contributed by atoms with Crippen LogP contribution < -0.4 is 4.74 Å². The van der Waals surface area contributed by atoms with Crippen LogP contribution in [0.3, 0.4) is 0 Å². The molecule has 1 saturated carbocycles. The molecule has 2 atom stereocenters. The summed E-state index contributed by atoms with van der Waals surface area (Å²) in [4.78, 5) is 2.40. The molecule has 0 radical (unpaired) electrons. The normalized spacial score (nSPS) is 22.3. The van der Waals surface area contributed by atoms with Crippen molar-refractivity contribution >= 4 is 0 Å². The maximum atomic E-state index is 6.34. The quantitative estimate of drug-likeness (QED) is 0.539. The first-order chi connectivity index (χ1) is 14.2. The van der Waals surface area contributed by atoms with Gasteiger partial charge in [-0.25, -0.2) is 0 Å². The fraction of sp³-hybridized carbons (Fsp3) is 0.520. The minimum atomic E-state index is 0.00261. The third kappa shape index (κ3) is 5.81. The third-order valence-corrected chi connectivity index (χ3v) is 5.73. The third-order valence-electron chi connectivity index (χ3n) is 5.73. The van der Waals surface area contributed by atoms with Crippen LogP contribution in [0.1, 0.15) is 44.0 Å². The minimum absolute atomic E-state index is 0.00261. The highest BCUT2D eigenvalue weighted by Crippen LogP contribution is 2.32. The second-order valence-corrected chi connectivity index (χ2v) is 8.53. The van der Waals surface area contributed by atoms with Crippen molar-refractivity contribution in [3.05, 3.63) is 65.7 Å². The van der Waals surface area contributed by atoms with Crippen LogP contribution in [0.2, 0.25) is 0 Å². The molecule has 156 valence electrons. The average molecular weight is 396 g/mol. The van der Waals surface area contributed by atoms with Crippen LogP contribution in [0.25, 0.3) is 0 Å². The summed E-state index contributed by atoms with van der Waals surface area (Å²) < 4.78 is 18.1. The van der Waals surface area contributed by atoms with Gasteiger partial charge in [-0.1, -0.05) is 42.5 Å². The minimum Gasteiger partial charge on any atom is -0.491 e. The molecule has 0 aromatic heterocycles. The van der Waals surface area contributed by atoms with Crippen molar-refractivity contribution in [2.24, 2.45) is 5.92 Å². The Morgan fingerprint density at radius 1 is 1.00 bits per heavy atom. The van der Waals surface area contributed by atoms with Crippen molar-refractivity contribution in [2.45, 2.75) is 51.5 Å². The van der Waals surface area contributed by atoms with E-state index in [1.165, 1.54) is 24.0 Å². The number of hydrogen-bond acceptors (Lipinski definition) is 4. The van der Waals surface area contributed by atoms with Crippen LogP contribution in [0.5, 0.6) is 5.75 Å². The van der Waals surface area contributed by atoms with Gasteiger partial charge in [-0.3, -0.25) is 4.90 Å². The zero-order chi connectivity index (χ0) is 20.1. The highest BCUT2D eigenvalue weighted by atomic mass is 16.6. The Bertz CT molecular complexity index is 742. The van der Waals surface area contributed by atoms with Crippen molar-refractivity contribution in [3.8, 4) is 5.75 Å². The number of rotatable bonds is 10. The Morgan fingerprint density at radius 3 is 2.45 bits per heavy atom. The van der Waals surface area contributed by atoms with E-state index >= 15 is 0 Å². The Morgan fingerprint density at radius 2 is 1.76 bits per heavy atom. The summed E-state index contributed by atoms with van der Waals surface area (Å²) in [5, 5.41) is 0. The second-order valence-electron chi connectivity index (χ2n) is 8.53. The summed E-state index contributed by atoms with van der Waals surface area (Å²) in [5.41, 5.74) is 2.50. The highest BCUT2D eigenvalue weighted by molar-refractivity contribution is 5.27. The predicted octanol–water partition coefficient (Wildman–Crippen LogP) is 4.84. The van der Waals surface area contributed by atoms with Crippen LogP contribution in [0.15, 0.2) is 54.6 Å². The van der Waals surface area contributed by atoms with Gasteiger partial charge in [0.15, 0.2) is 0 Å². The van der Waals surface area contributed by atoms with Crippen molar-refractivity contribution in [2.75, 3.05) is 26.4 Å². The monoisotopic (exact) mass is 395 g/mol. The molecule has 1 heterocycles.